The summed E-state index contributed by atoms with van der Waals surface area (Å²) in [5.74, 6) is -0.281. The summed E-state index contributed by atoms with van der Waals surface area (Å²) < 4.78 is 13.5. The molecule has 0 atom stereocenters. The van der Waals surface area contributed by atoms with Gasteiger partial charge in [-0.25, -0.2) is 4.39 Å². The van der Waals surface area contributed by atoms with Crippen molar-refractivity contribution in [1.29, 1.82) is 0 Å². The minimum Gasteiger partial charge on any atom is -0.396 e. The van der Waals surface area contributed by atoms with E-state index in [1.165, 1.54) is 6.07 Å². The van der Waals surface area contributed by atoms with Crippen LogP contribution in [0.2, 0.25) is 0 Å². The van der Waals surface area contributed by atoms with Crippen LogP contribution in [0.15, 0.2) is 22.7 Å². The van der Waals surface area contributed by atoms with Gasteiger partial charge >= 0.3 is 0 Å². The van der Waals surface area contributed by atoms with Crippen LogP contribution in [0.25, 0.3) is 0 Å². The number of benzene rings is 1. The summed E-state index contributed by atoms with van der Waals surface area (Å²) in [7, 11) is 1.90. The normalized spacial score (nSPS) is 12.2. The molecular weight excluding hydrogens is 301 g/mol. The zero-order valence-electron chi connectivity index (χ0n) is 10.7. The molecule has 0 saturated carbocycles. The molecule has 0 aromatic heterocycles. The summed E-state index contributed by atoms with van der Waals surface area (Å²) in [6.45, 7) is 2.88. The number of halogens is 2. The Morgan fingerprint density at radius 3 is 2.44 bits per heavy atom. The highest BCUT2D eigenvalue weighted by Gasteiger charge is 2.24. The topological polar surface area (TPSA) is 43.7 Å². The molecule has 1 aromatic carbocycles. The van der Waals surface area contributed by atoms with Gasteiger partial charge in [-0.3, -0.25) is 0 Å². The molecule has 0 spiro atoms. The van der Waals surface area contributed by atoms with E-state index in [-0.39, 0.29) is 19.0 Å². The maximum atomic E-state index is 13.1. The third-order valence-electron chi connectivity index (χ3n) is 2.85. The molecule has 0 saturated heterocycles. The van der Waals surface area contributed by atoms with Gasteiger partial charge in [-0.15, -0.1) is 0 Å². The van der Waals surface area contributed by atoms with Crippen LogP contribution in [0.5, 0.6) is 0 Å². The molecule has 18 heavy (non-hydrogen) atoms. The number of hydrogen-bond donors (Lipinski definition) is 2. The Labute approximate surface area is 115 Å². The Balaban J connectivity index is 2.64. The van der Waals surface area contributed by atoms with Crippen LogP contribution in [0.4, 0.5) is 4.39 Å². The smallest absolute Gasteiger partial charge is 0.137 e. The van der Waals surface area contributed by atoms with Crippen molar-refractivity contribution in [1.82, 2.24) is 4.90 Å². The number of rotatable bonds is 6. The Hall–Kier alpha value is -0.490. The molecule has 1 rings (SSSR count). The summed E-state index contributed by atoms with van der Waals surface area (Å²) in [6, 6.07) is 4.89. The Bertz CT molecular complexity index is 397. The second kappa shape index (κ2) is 6.61. The van der Waals surface area contributed by atoms with Crippen molar-refractivity contribution < 1.29 is 14.6 Å². The first kappa shape index (κ1) is 15.6. The van der Waals surface area contributed by atoms with Gasteiger partial charge in [0.25, 0.3) is 0 Å². The average Bonchev–Trinajstić information content (AvgIpc) is 2.33. The fourth-order valence-electron chi connectivity index (χ4n) is 1.81. The summed E-state index contributed by atoms with van der Waals surface area (Å²) >= 11 is 3.15. The summed E-state index contributed by atoms with van der Waals surface area (Å²) in [5.41, 5.74) is 0.454. The molecule has 0 fully saturated rings. The molecule has 5 heteroatoms. The van der Waals surface area contributed by atoms with E-state index in [0.717, 1.165) is 5.56 Å². The van der Waals surface area contributed by atoms with Crippen molar-refractivity contribution in [2.45, 2.75) is 13.5 Å². The average molecular weight is 320 g/mol. The Morgan fingerprint density at radius 2 is 1.94 bits per heavy atom. The van der Waals surface area contributed by atoms with Crippen LogP contribution >= 0.6 is 15.9 Å². The van der Waals surface area contributed by atoms with Crippen LogP contribution in [-0.2, 0) is 6.54 Å². The first-order chi connectivity index (χ1) is 8.40. The summed E-state index contributed by atoms with van der Waals surface area (Å²) in [4.78, 5) is 1.99. The zero-order valence-corrected chi connectivity index (χ0v) is 12.2. The van der Waals surface area contributed by atoms with Crippen LogP contribution < -0.4 is 0 Å². The maximum Gasteiger partial charge on any atom is 0.137 e. The molecule has 0 radical (unpaired) electrons. The van der Waals surface area contributed by atoms with Gasteiger partial charge in [0.1, 0.15) is 5.82 Å². The minimum absolute atomic E-state index is 0.0685. The second-order valence-electron chi connectivity index (χ2n) is 5.05. The predicted octanol–water partition coefficient (Wildman–Crippen LogP) is 2.01. The number of hydrogen-bond acceptors (Lipinski definition) is 3. The van der Waals surface area contributed by atoms with Gasteiger partial charge in [-0.05, 0) is 40.7 Å². The molecule has 0 aliphatic carbocycles. The highest BCUT2D eigenvalue weighted by molar-refractivity contribution is 9.10. The van der Waals surface area contributed by atoms with Gasteiger partial charge in [-0.1, -0.05) is 13.0 Å². The van der Waals surface area contributed by atoms with E-state index in [1.54, 1.807) is 12.1 Å². The summed E-state index contributed by atoms with van der Waals surface area (Å²) in [5, 5.41) is 18.5. The molecule has 0 aliphatic rings. The fraction of sp³-hybridized carbons (Fsp3) is 0.538. The first-order valence-electron chi connectivity index (χ1n) is 5.74. The van der Waals surface area contributed by atoms with E-state index < -0.39 is 5.41 Å². The third-order valence-corrected chi connectivity index (χ3v) is 3.46. The molecular formula is C13H19BrFNO2. The van der Waals surface area contributed by atoms with Crippen LogP contribution in [0.1, 0.15) is 12.5 Å². The van der Waals surface area contributed by atoms with Gasteiger partial charge in [0, 0.05) is 18.5 Å². The number of aliphatic hydroxyl groups excluding tert-OH is 2. The number of aliphatic hydroxyl groups is 2. The van der Waals surface area contributed by atoms with Gasteiger partial charge in [0.2, 0.25) is 0 Å². The number of nitrogens with zero attached hydrogens (tertiary/aromatic N) is 1. The van der Waals surface area contributed by atoms with E-state index in [0.29, 0.717) is 17.6 Å². The van der Waals surface area contributed by atoms with E-state index in [4.69, 9.17) is 0 Å². The van der Waals surface area contributed by atoms with Crippen molar-refractivity contribution in [2.75, 3.05) is 26.8 Å². The van der Waals surface area contributed by atoms with Crippen molar-refractivity contribution >= 4 is 15.9 Å². The van der Waals surface area contributed by atoms with Gasteiger partial charge < -0.3 is 15.1 Å². The van der Waals surface area contributed by atoms with Gasteiger partial charge in [0.05, 0.1) is 17.7 Å². The molecule has 1 aromatic rings. The molecule has 0 amide bonds. The van der Waals surface area contributed by atoms with Gasteiger partial charge in [-0.2, -0.15) is 0 Å². The SMILES string of the molecule is CN(Cc1ccc(F)c(Br)c1)CC(C)(CO)CO. The minimum atomic E-state index is -0.522. The molecule has 3 nitrogen and oxygen atoms in total. The van der Waals surface area contributed by atoms with Gasteiger partial charge in [0.15, 0.2) is 0 Å². The predicted molar refractivity (Wildman–Crippen MR) is 72.7 cm³/mol. The van der Waals surface area contributed by atoms with E-state index in [1.807, 2.05) is 18.9 Å². The monoisotopic (exact) mass is 319 g/mol. The summed E-state index contributed by atoms with van der Waals surface area (Å²) in [6.07, 6.45) is 0. The van der Waals surface area contributed by atoms with Crippen LogP contribution in [-0.4, -0.2) is 41.9 Å². The quantitative estimate of drug-likeness (QED) is 0.843. The molecule has 0 bridgehead atoms. The van der Waals surface area contributed by atoms with Crippen LogP contribution in [0.3, 0.4) is 0 Å². The lowest BCUT2D eigenvalue weighted by Crippen LogP contribution is -2.38. The lowest BCUT2D eigenvalue weighted by atomic mass is 9.92. The molecule has 102 valence electrons. The van der Waals surface area contributed by atoms with Crippen molar-refractivity contribution in [3.05, 3.63) is 34.1 Å². The molecule has 0 unspecified atom stereocenters. The standard InChI is InChI=1S/C13H19BrFNO2/c1-13(8-17,9-18)7-16(2)6-10-3-4-12(15)11(14)5-10/h3-5,17-18H,6-9H2,1-2H3. The van der Waals surface area contributed by atoms with Crippen molar-refractivity contribution in [2.24, 2.45) is 5.41 Å². The van der Waals surface area contributed by atoms with E-state index in [9.17, 15) is 14.6 Å². The molecule has 2 N–H and O–H groups in total. The molecule has 0 aliphatic heterocycles. The third kappa shape index (κ3) is 4.31. The first-order valence-corrected chi connectivity index (χ1v) is 6.54. The lowest BCUT2D eigenvalue weighted by molar-refractivity contribution is 0.0402. The van der Waals surface area contributed by atoms with Crippen molar-refractivity contribution in [3.63, 3.8) is 0 Å². The second-order valence-corrected chi connectivity index (χ2v) is 5.90. The van der Waals surface area contributed by atoms with Crippen LogP contribution in [0, 0.1) is 11.2 Å². The Kier molecular flexibility index (Phi) is 5.72. The van der Waals surface area contributed by atoms with E-state index in [2.05, 4.69) is 15.9 Å². The lowest BCUT2D eigenvalue weighted by Gasteiger charge is -2.30. The van der Waals surface area contributed by atoms with E-state index >= 15 is 0 Å². The largest absolute Gasteiger partial charge is 0.396 e. The van der Waals surface area contributed by atoms with Crippen molar-refractivity contribution in [3.8, 4) is 0 Å². The highest BCUT2D eigenvalue weighted by Crippen LogP contribution is 2.20. The Morgan fingerprint density at radius 1 is 1.33 bits per heavy atom. The fourth-order valence-corrected chi connectivity index (χ4v) is 2.23. The molecule has 0 heterocycles. The highest BCUT2D eigenvalue weighted by atomic mass is 79.9. The zero-order chi connectivity index (χ0) is 13.8. The maximum absolute atomic E-state index is 13.1.